The molecule has 1 aliphatic heterocycles. The van der Waals surface area contributed by atoms with Crippen molar-refractivity contribution in [3.63, 3.8) is 0 Å². The Morgan fingerprint density at radius 1 is 0.913 bits per heavy atom. The van der Waals surface area contributed by atoms with Crippen LogP contribution in [0.25, 0.3) is 0 Å². The van der Waals surface area contributed by atoms with Crippen LogP contribution in [0.5, 0.6) is 0 Å². The highest BCUT2D eigenvalue weighted by atomic mass is 16.7. The minimum Gasteiger partial charge on any atom is -0.393 e. The lowest BCUT2D eigenvalue weighted by Crippen LogP contribution is -2.51. The van der Waals surface area contributed by atoms with Crippen molar-refractivity contribution in [1.29, 1.82) is 0 Å². The molecule has 1 aliphatic carbocycles. The minimum atomic E-state index is -0.258. The van der Waals surface area contributed by atoms with Gasteiger partial charge in [-0.3, -0.25) is 0 Å². The van der Waals surface area contributed by atoms with Crippen molar-refractivity contribution < 1.29 is 14.6 Å². The molecule has 0 spiro atoms. The maximum Gasteiger partial charge on any atom is 0.160 e. The van der Waals surface area contributed by atoms with E-state index in [4.69, 9.17) is 17.3 Å². The summed E-state index contributed by atoms with van der Waals surface area (Å²) in [4.78, 5) is 0. The van der Waals surface area contributed by atoms with Crippen LogP contribution in [0.2, 0.25) is 6.32 Å². The highest BCUT2D eigenvalue weighted by Crippen LogP contribution is 2.49. The van der Waals surface area contributed by atoms with E-state index >= 15 is 0 Å². The third-order valence-electron chi connectivity index (χ3n) is 5.87. The topological polar surface area (TPSA) is 38.7 Å². The van der Waals surface area contributed by atoms with Gasteiger partial charge in [-0.2, -0.15) is 0 Å². The first kappa shape index (κ1) is 19.3. The van der Waals surface area contributed by atoms with Gasteiger partial charge in [0, 0.05) is 5.92 Å². The quantitative estimate of drug-likeness (QED) is 0.789. The molecule has 2 rings (SSSR count). The Balaban J connectivity index is 2.14. The lowest BCUT2D eigenvalue weighted by atomic mass is 9.58. The number of ether oxygens (including phenoxy) is 2. The van der Waals surface area contributed by atoms with Crippen molar-refractivity contribution in [2.45, 2.75) is 73.1 Å². The second kappa shape index (κ2) is 7.05. The van der Waals surface area contributed by atoms with Gasteiger partial charge in [-0.05, 0) is 41.4 Å². The number of hydrogen-bond donors (Lipinski definition) is 1. The molecule has 4 heteroatoms. The number of aliphatic hydroxyl groups excluding tert-OH is 1. The summed E-state index contributed by atoms with van der Waals surface area (Å²) in [6.07, 6.45) is 2.15. The van der Waals surface area contributed by atoms with Gasteiger partial charge in [0.25, 0.3) is 0 Å². The van der Waals surface area contributed by atoms with Gasteiger partial charge >= 0.3 is 0 Å². The van der Waals surface area contributed by atoms with Gasteiger partial charge in [0.1, 0.15) is 0 Å². The van der Waals surface area contributed by atoms with E-state index in [1.54, 1.807) is 0 Å². The van der Waals surface area contributed by atoms with Crippen molar-refractivity contribution in [1.82, 2.24) is 0 Å². The van der Waals surface area contributed by atoms with Crippen LogP contribution in [-0.2, 0) is 9.47 Å². The smallest absolute Gasteiger partial charge is 0.160 e. The molecule has 1 saturated carbocycles. The largest absolute Gasteiger partial charge is 0.393 e. The Morgan fingerprint density at radius 2 is 1.35 bits per heavy atom. The molecule has 1 N–H and O–H groups in total. The average molecular weight is 322 g/mol. The third-order valence-corrected chi connectivity index (χ3v) is 5.87. The van der Waals surface area contributed by atoms with Crippen LogP contribution in [0.4, 0.5) is 0 Å². The van der Waals surface area contributed by atoms with E-state index in [1.165, 1.54) is 0 Å². The molecule has 0 amide bonds. The summed E-state index contributed by atoms with van der Waals surface area (Å²) in [7, 11) is 5.71. The SMILES string of the molecule is [B]CC1COC(C2CC(C(C)(C)C)C(O)C(C(C)(C)C)C2)OC1. The van der Waals surface area contributed by atoms with Gasteiger partial charge in [0.15, 0.2) is 6.29 Å². The lowest BCUT2D eigenvalue weighted by Gasteiger charge is -2.51. The molecule has 2 atom stereocenters. The lowest BCUT2D eigenvalue weighted by molar-refractivity contribution is -0.240. The molecule has 2 radical (unpaired) electrons. The van der Waals surface area contributed by atoms with Gasteiger partial charge < -0.3 is 14.6 Å². The van der Waals surface area contributed by atoms with Gasteiger partial charge in [-0.15, -0.1) is 0 Å². The van der Waals surface area contributed by atoms with Gasteiger partial charge in [0.2, 0.25) is 0 Å². The van der Waals surface area contributed by atoms with Crippen LogP contribution in [0, 0.1) is 34.5 Å². The molecule has 2 aliphatic rings. The van der Waals surface area contributed by atoms with Crippen molar-refractivity contribution in [2.75, 3.05) is 13.2 Å². The predicted molar refractivity (Wildman–Crippen MR) is 94.4 cm³/mol. The average Bonchev–Trinajstić information content (AvgIpc) is 2.45. The van der Waals surface area contributed by atoms with Gasteiger partial charge in [0.05, 0.1) is 27.2 Å². The Morgan fingerprint density at radius 3 is 1.70 bits per heavy atom. The maximum atomic E-state index is 11.0. The number of rotatable bonds is 2. The zero-order chi connectivity index (χ0) is 17.4. The summed E-state index contributed by atoms with van der Waals surface area (Å²) in [6, 6.07) is 0. The second-order valence-corrected chi connectivity index (χ2v) is 9.80. The number of hydrogen-bond acceptors (Lipinski definition) is 3. The monoisotopic (exact) mass is 322 g/mol. The van der Waals surface area contributed by atoms with Crippen molar-refractivity contribution >= 4 is 7.85 Å². The molecule has 0 aromatic rings. The molecule has 2 fully saturated rings. The standard InChI is InChI=1S/C19H35BO3/c1-18(2,3)14-7-13(8-15(16(14)21)19(4,5)6)17-22-10-12(9-20)11-23-17/h12-17,21H,7-11H2,1-6H3. The Kier molecular flexibility index (Phi) is 5.91. The molecular formula is C19H35BO3. The highest BCUT2D eigenvalue weighted by Gasteiger charge is 2.48. The predicted octanol–water partition coefficient (Wildman–Crippen LogP) is 3.66. The van der Waals surface area contributed by atoms with Crippen molar-refractivity contribution in [2.24, 2.45) is 34.5 Å². The zero-order valence-corrected chi connectivity index (χ0v) is 15.8. The molecule has 0 aromatic heterocycles. The molecule has 132 valence electrons. The van der Waals surface area contributed by atoms with Crippen LogP contribution < -0.4 is 0 Å². The van der Waals surface area contributed by atoms with Crippen LogP contribution in [0.15, 0.2) is 0 Å². The van der Waals surface area contributed by atoms with Crippen LogP contribution in [-0.4, -0.2) is 38.6 Å². The summed E-state index contributed by atoms with van der Waals surface area (Å²) in [5.41, 5.74) is 0.159. The van der Waals surface area contributed by atoms with E-state index in [1.807, 2.05) is 0 Å². The maximum absolute atomic E-state index is 11.0. The molecular weight excluding hydrogens is 287 g/mol. The second-order valence-electron chi connectivity index (χ2n) is 9.80. The van der Waals surface area contributed by atoms with Crippen LogP contribution in [0.3, 0.4) is 0 Å². The fourth-order valence-corrected chi connectivity index (χ4v) is 4.23. The molecule has 23 heavy (non-hydrogen) atoms. The molecule has 2 unspecified atom stereocenters. The van der Waals surface area contributed by atoms with E-state index in [0.717, 1.165) is 12.8 Å². The minimum absolute atomic E-state index is 0.0794. The summed E-state index contributed by atoms with van der Waals surface area (Å²) in [6.45, 7) is 14.8. The molecule has 3 nitrogen and oxygen atoms in total. The normalized spacial score (nSPS) is 40.1. The third kappa shape index (κ3) is 4.52. The van der Waals surface area contributed by atoms with Crippen molar-refractivity contribution in [3.05, 3.63) is 0 Å². The Bertz CT molecular complexity index is 353. The van der Waals surface area contributed by atoms with E-state index in [-0.39, 0.29) is 35.1 Å². The van der Waals surface area contributed by atoms with E-state index in [2.05, 4.69) is 41.5 Å². The fourth-order valence-electron chi connectivity index (χ4n) is 4.23. The van der Waals surface area contributed by atoms with Crippen LogP contribution >= 0.6 is 0 Å². The first-order valence-electron chi connectivity index (χ1n) is 9.15. The number of aliphatic hydroxyl groups is 1. The van der Waals surface area contributed by atoms with Crippen LogP contribution in [0.1, 0.15) is 54.4 Å². The molecule has 0 bridgehead atoms. The van der Waals surface area contributed by atoms with E-state index in [9.17, 15) is 5.11 Å². The first-order chi connectivity index (χ1) is 10.5. The molecule has 1 heterocycles. The molecule has 0 aromatic carbocycles. The summed E-state index contributed by atoms with van der Waals surface area (Å²) in [5, 5.41) is 11.0. The Labute approximate surface area is 143 Å². The highest BCUT2D eigenvalue weighted by molar-refractivity contribution is 6.08. The fraction of sp³-hybridized carbons (Fsp3) is 1.00. The van der Waals surface area contributed by atoms with E-state index in [0.29, 0.717) is 31.4 Å². The van der Waals surface area contributed by atoms with E-state index < -0.39 is 0 Å². The summed E-state index contributed by atoms with van der Waals surface area (Å²) >= 11 is 0. The van der Waals surface area contributed by atoms with Crippen molar-refractivity contribution in [3.8, 4) is 0 Å². The van der Waals surface area contributed by atoms with Gasteiger partial charge in [-0.25, -0.2) is 0 Å². The summed E-state index contributed by atoms with van der Waals surface area (Å²) in [5.74, 6) is 1.21. The zero-order valence-electron chi connectivity index (χ0n) is 15.8. The van der Waals surface area contributed by atoms with Gasteiger partial charge in [-0.1, -0.05) is 47.9 Å². The first-order valence-corrected chi connectivity index (χ1v) is 9.15. The summed E-state index contributed by atoms with van der Waals surface area (Å²) < 4.78 is 12.0. The Hall–Kier alpha value is -0.0551. The molecule has 1 saturated heterocycles.